The van der Waals surface area contributed by atoms with Crippen molar-refractivity contribution < 1.29 is 4.74 Å². The number of halogens is 1. The Morgan fingerprint density at radius 1 is 1.39 bits per heavy atom. The minimum absolute atomic E-state index is 0.833. The van der Waals surface area contributed by atoms with Crippen LogP contribution >= 0.6 is 27.3 Å². The molecule has 3 nitrogen and oxygen atoms in total. The standard InChI is InChI=1S/C13H15BrN2OS/c1-16(7-12-8-18-9-15-12)6-10-5-11(14)3-4-13(10)17-2/h3-5,8-9H,6-7H2,1-2H3. The van der Waals surface area contributed by atoms with Crippen LogP contribution in [-0.4, -0.2) is 24.0 Å². The molecule has 0 aliphatic carbocycles. The molecule has 0 aliphatic rings. The molecule has 5 heteroatoms. The summed E-state index contributed by atoms with van der Waals surface area (Å²) in [6.45, 7) is 1.68. The normalized spacial score (nSPS) is 10.9. The Hall–Kier alpha value is -0.910. The van der Waals surface area contributed by atoms with E-state index in [1.807, 2.05) is 17.6 Å². The first-order valence-corrected chi connectivity index (χ1v) is 7.30. The van der Waals surface area contributed by atoms with Gasteiger partial charge in [0.1, 0.15) is 5.75 Å². The summed E-state index contributed by atoms with van der Waals surface area (Å²) in [5.41, 5.74) is 4.14. The highest BCUT2D eigenvalue weighted by molar-refractivity contribution is 9.10. The van der Waals surface area contributed by atoms with Gasteiger partial charge in [-0.3, -0.25) is 4.90 Å². The number of hydrogen-bond acceptors (Lipinski definition) is 4. The van der Waals surface area contributed by atoms with E-state index in [9.17, 15) is 0 Å². The topological polar surface area (TPSA) is 25.4 Å². The van der Waals surface area contributed by atoms with Crippen LogP contribution in [0.5, 0.6) is 5.75 Å². The van der Waals surface area contributed by atoms with Crippen LogP contribution in [0.15, 0.2) is 33.6 Å². The molecule has 0 saturated heterocycles. The predicted octanol–water partition coefficient (Wildman–Crippen LogP) is 3.55. The van der Waals surface area contributed by atoms with Crippen LogP contribution in [-0.2, 0) is 13.1 Å². The van der Waals surface area contributed by atoms with Crippen LogP contribution in [0.25, 0.3) is 0 Å². The number of rotatable bonds is 5. The van der Waals surface area contributed by atoms with E-state index >= 15 is 0 Å². The van der Waals surface area contributed by atoms with E-state index in [2.05, 4.69) is 44.3 Å². The second-order valence-corrected chi connectivity index (χ2v) is 5.74. The van der Waals surface area contributed by atoms with Crippen LogP contribution in [0.2, 0.25) is 0 Å². The van der Waals surface area contributed by atoms with Gasteiger partial charge in [0.25, 0.3) is 0 Å². The highest BCUT2D eigenvalue weighted by atomic mass is 79.9. The van der Waals surface area contributed by atoms with Crippen molar-refractivity contribution in [1.82, 2.24) is 9.88 Å². The van der Waals surface area contributed by atoms with Crippen molar-refractivity contribution in [3.05, 3.63) is 44.8 Å². The van der Waals surface area contributed by atoms with Crippen molar-refractivity contribution in [1.29, 1.82) is 0 Å². The SMILES string of the molecule is COc1ccc(Br)cc1CN(C)Cc1cscn1. The van der Waals surface area contributed by atoms with Gasteiger partial charge in [-0.25, -0.2) is 4.98 Å². The van der Waals surface area contributed by atoms with Crippen molar-refractivity contribution >= 4 is 27.3 Å². The largest absolute Gasteiger partial charge is 0.496 e. The number of nitrogens with zero attached hydrogens (tertiary/aromatic N) is 2. The van der Waals surface area contributed by atoms with Gasteiger partial charge in [0.15, 0.2) is 0 Å². The lowest BCUT2D eigenvalue weighted by Gasteiger charge is -2.17. The Morgan fingerprint density at radius 3 is 2.89 bits per heavy atom. The third-order valence-electron chi connectivity index (χ3n) is 2.60. The molecular formula is C13H15BrN2OS. The smallest absolute Gasteiger partial charge is 0.123 e. The van der Waals surface area contributed by atoms with Crippen molar-refractivity contribution in [2.45, 2.75) is 13.1 Å². The molecule has 0 saturated carbocycles. The summed E-state index contributed by atoms with van der Waals surface area (Å²) in [6, 6.07) is 6.06. The minimum atomic E-state index is 0.833. The van der Waals surface area contributed by atoms with Gasteiger partial charge in [-0.1, -0.05) is 15.9 Å². The lowest BCUT2D eigenvalue weighted by Crippen LogP contribution is -2.17. The van der Waals surface area contributed by atoms with E-state index in [0.29, 0.717) is 0 Å². The van der Waals surface area contributed by atoms with Gasteiger partial charge in [-0.2, -0.15) is 0 Å². The Kier molecular flexibility index (Phi) is 4.74. The third-order valence-corrected chi connectivity index (χ3v) is 3.73. The quantitative estimate of drug-likeness (QED) is 0.840. The molecule has 0 radical (unpaired) electrons. The molecule has 18 heavy (non-hydrogen) atoms. The van der Waals surface area contributed by atoms with Gasteiger partial charge >= 0.3 is 0 Å². The van der Waals surface area contributed by atoms with Gasteiger partial charge in [-0.05, 0) is 25.2 Å². The molecule has 1 aromatic heterocycles. The molecule has 0 amide bonds. The number of aromatic nitrogens is 1. The molecule has 0 spiro atoms. The number of hydrogen-bond donors (Lipinski definition) is 0. The maximum Gasteiger partial charge on any atom is 0.123 e. The average Bonchev–Trinajstić information content (AvgIpc) is 2.82. The molecule has 0 fully saturated rings. The summed E-state index contributed by atoms with van der Waals surface area (Å²) < 4.78 is 6.45. The minimum Gasteiger partial charge on any atom is -0.496 e. The molecule has 2 aromatic rings. The zero-order chi connectivity index (χ0) is 13.0. The van der Waals surface area contributed by atoms with Crippen molar-refractivity contribution in [3.8, 4) is 5.75 Å². The summed E-state index contributed by atoms with van der Waals surface area (Å²) in [5, 5.41) is 2.08. The van der Waals surface area contributed by atoms with Crippen LogP contribution in [0.4, 0.5) is 0 Å². The molecular weight excluding hydrogens is 312 g/mol. The second kappa shape index (κ2) is 6.31. The second-order valence-electron chi connectivity index (χ2n) is 4.11. The van der Waals surface area contributed by atoms with Gasteiger partial charge in [0.2, 0.25) is 0 Å². The molecule has 96 valence electrons. The summed E-state index contributed by atoms with van der Waals surface area (Å²) in [5.74, 6) is 0.920. The van der Waals surface area contributed by atoms with E-state index in [-0.39, 0.29) is 0 Å². The summed E-state index contributed by atoms with van der Waals surface area (Å²) in [7, 11) is 3.78. The maximum atomic E-state index is 5.38. The Balaban J connectivity index is 2.06. The predicted molar refractivity (Wildman–Crippen MR) is 78.0 cm³/mol. The first kappa shape index (κ1) is 13.5. The lowest BCUT2D eigenvalue weighted by molar-refractivity contribution is 0.307. The van der Waals surface area contributed by atoms with Crippen LogP contribution in [0.3, 0.4) is 0 Å². The molecule has 0 bridgehead atoms. The number of thiazole rings is 1. The molecule has 2 rings (SSSR count). The van der Waals surface area contributed by atoms with E-state index in [4.69, 9.17) is 4.74 Å². The molecule has 1 heterocycles. The van der Waals surface area contributed by atoms with Gasteiger partial charge in [0.05, 0.1) is 18.3 Å². The fourth-order valence-corrected chi connectivity index (χ4v) is 2.77. The van der Waals surface area contributed by atoms with Crippen molar-refractivity contribution in [2.24, 2.45) is 0 Å². The Morgan fingerprint density at radius 2 is 2.22 bits per heavy atom. The first-order chi connectivity index (χ1) is 8.69. The Bertz CT molecular complexity index is 502. The van der Waals surface area contributed by atoms with E-state index < -0.39 is 0 Å². The fraction of sp³-hybridized carbons (Fsp3) is 0.308. The fourth-order valence-electron chi connectivity index (χ4n) is 1.81. The molecule has 0 N–H and O–H groups in total. The van der Waals surface area contributed by atoms with Crippen molar-refractivity contribution in [3.63, 3.8) is 0 Å². The number of methoxy groups -OCH3 is 1. The van der Waals surface area contributed by atoms with E-state index in [1.165, 1.54) is 5.56 Å². The van der Waals surface area contributed by atoms with Crippen LogP contribution in [0.1, 0.15) is 11.3 Å². The van der Waals surface area contributed by atoms with Crippen LogP contribution < -0.4 is 4.74 Å². The van der Waals surface area contributed by atoms with Gasteiger partial charge in [0, 0.05) is 28.5 Å². The summed E-state index contributed by atoms with van der Waals surface area (Å²) in [4.78, 5) is 6.52. The zero-order valence-corrected chi connectivity index (χ0v) is 12.8. The molecule has 1 aromatic carbocycles. The summed E-state index contributed by atoms with van der Waals surface area (Å²) >= 11 is 5.12. The van der Waals surface area contributed by atoms with Gasteiger partial charge < -0.3 is 4.74 Å². The monoisotopic (exact) mass is 326 g/mol. The zero-order valence-electron chi connectivity index (χ0n) is 10.4. The highest BCUT2D eigenvalue weighted by Gasteiger charge is 2.08. The number of ether oxygens (including phenoxy) is 1. The van der Waals surface area contributed by atoms with E-state index in [1.54, 1.807) is 18.4 Å². The highest BCUT2D eigenvalue weighted by Crippen LogP contribution is 2.24. The molecule has 0 unspecified atom stereocenters. The summed E-state index contributed by atoms with van der Waals surface area (Å²) in [6.07, 6.45) is 0. The maximum absolute atomic E-state index is 5.38. The average molecular weight is 327 g/mol. The third kappa shape index (κ3) is 3.54. The van der Waals surface area contributed by atoms with E-state index in [0.717, 1.165) is 29.0 Å². The first-order valence-electron chi connectivity index (χ1n) is 5.57. The van der Waals surface area contributed by atoms with Gasteiger partial charge in [-0.15, -0.1) is 11.3 Å². The van der Waals surface area contributed by atoms with Crippen molar-refractivity contribution in [2.75, 3.05) is 14.2 Å². The Labute approximate surface area is 120 Å². The van der Waals surface area contributed by atoms with Crippen LogP contribution in [0, 0.1) is 0 Å². The number of benzene rings is 1. The lowest BCUT2D eigenvalue weighted by atomic mass is 10.2. The molecule has 0 aliphatic heterocycles. The molecule has 0 atom stereocenters.